The molecule has 0 spiro atoms. The lowest BCUT2D eigenvalue weighted by Crippen LogP contribution is -2.03. The predicted octanol–water partition coefficient (Wildman–Crippen LogP) is 3.48. The molecule has 4 nitrogen and oxygen atoms in total. The van der Waals surface area contributed by atoms with Gasteiger partial charge < -0.3 is 4.74 Å². The summed E-state index contributed by atoms with van der Waals surface area (Å²) in [5, 5.41) is 6.97. The monoisotopic (exact) mass is 286 g/mol. The van der Waals surface area contributed by atoms with Gasteiger partial charge in [-0.05, 0) is 24.6 Å². The van der Waals surface area contributed by atoms with E-state index in [4.69, 9.17) is 4.74 Å². The molecule has 5 heteroatoms. The first-order valence-corrected chi connectivity index (χ1v) is 7.24. The van der Waals surface area contributed by atoms with E-state index in [0.29, 0.717) is 12.2 Å². The largest absolute Gasteiger partial charge is 0.462 e. The second-order valence-electron chi connectivity index (χ2n) is 4.48. The van der Waals surface area contributed by atoms with Crippen molar-refractivity contribution >= 4 is 27.4 Å². The smallest absolute Gasteiger partial charge is 0.339 e. The van der Waals surface area contributed by atoms with Gasteiger partial charge in [-0.15, -0.1) is 11.3 Å². The normalized spacial score (nSPS) is 10.9. The molecule has 0 amide bonds. The molecular weight excluding hydrogens is 272 g/mol. The lowest BCUT2D eigenvalue weighted by molar-refractivity contribution is 0.0529. The number of hydrogen-bond donors (Lipinski definition) is 0. The topological polar surface area (TPSA) is 44.1 Å². The van der Waals surface area contributed by atoms with Crippen LogP contribution in [0, 0.1) is 0 Å². The van der Waals surface area contributed by atoms with Gasteiger partial charge in [-0.1, -0.05) is 6.07 Å². The summed E-state index contributed by atoms with van der Waals surface area (Å²) in [7, 11) is 1.89. The van der Waals surface area contributed by atoms with Crippen LogP contribution in [-0.2, 0) is 11.8 Å². The third-order valence-corrected chi connectivity index (χ3v) is 4.07. The van der Waals surface area contributed by atoms with Gasteiger partial charge in [0, 0.05) is 34.3 Å². The van der Waals surface area contributed by atoms with Crippen molar-refractivity contribution in [2.75, 3.05) is 6.61 Å². The molecule has 2 heterocycles. The van der Waals surface area contributed by atoms with Crippen LogP contribution in [0.25, 0.3) is 21.2 Å². The van der Waals surface area contributed by atoms with Crippen molar-refractivity contribution in [1.82, 2.24) is 9.78 Å². The van der Waals surface area contributed by atoms with Crippen LogP contribution in [0.1, 0.15) is 17.3 Å². The molecule has 0 unspecified atom stereocenters. The highest BCUT2D eigenvalue weighted by Crippen LogP contribution is 2.31. The molecule has 0 atom stereocenters. The van der Waals surface area contributed by atoms with E-state index in [1.807, 2.05) is 49.9 Å². The molecule has 3 aromatic rings. The summed E-state index contributed by atoms with van der Waals surface area (Å²) in [4.78, 5) is 11.9. The number of aryl methyl sites for hydroxylation is 1. The number of fused-ring (bicyclic) bond motifs is 1. The molecule has 0 radical (unpaired) electrons. The number of esters is 1. The fourth-order valence-electron chi connectivity index (χ4n) is 2.15. The summed E-state index contributed by atoms with van der Waals surface area (Å²) in [6, 6.07) is 6.10. The van der Waals surface area contributed by atoms with Gasteiger partial charge in [0.15, 0.2) is 0 Å². The molecule has 0 N–H and O–H groups in total. The summed E-state index contributed by atoms with van der Waals surface area (Å²) in [6.45, 7) is 2.20. The van der Waals surface area contributed by atoms with Crippen molar-refractivity contribution in [3.63, 3.8) is 0 Å². The Morgan fingerprint density at radius 3 is 2.95 bits per heavy atom. The number of thiophene rings is 1. The number of nitrogens with zero attached hydrogens (tertiary/aromatic N) is 2. The maximum absolute atomic E-state index is 11.9. The SMILES string of the molecule is CCOC(=O)c1csc2ccc(-c3cnn(C)c3)cc12. The molecule has 20 heavy (non-hydrogen) atoms. The molecule has 3 rings (SSSR count). The van der Waals surface area contributed by atoms with Crippen molar-refractivity contribution < 1.29 is 9.53 Å². The molecule has 0 aliphatic heterocycles. The molecule has 0 bridgehead atoms. The first-order valence-electron chi connectivity index (χ1n) is 6.36. The van der Waals surface area contributed by atoms with Gasteiger partial charge in [-0.25, -0.2) is 4.79 Å². The molecule has 2 aromatic heterocycles. The van der Waals surface area contributed by atoms with E-state index in [9.17, 15) is 4.79 Å². The maximum atomic E-state index is 11.9. The summed E-state index contributed by atoms with van der Waals surface area (Å²) < 4.78 is 7.94. The number of carbonyl (C=O) groups excluding carboxylic acids is 1. The minimum Gasteiger partial charge on any atom is -0.462 e. The van der Waals surface area contributed by atoms with Crippen molar-refractivity contribution in [2.45, 2.75) is 6.92 Å². The highest BCUT2D eigenvalue weighted by atomic mass is 32.1. The van der Waals surface area contributed by atoms with E-state index >= 15 is 0 Å². The number of aromatic nitrogens is 2. The van der Waals surface area contributed by atoms with Crippen LogP contribution >= 0.6 is 11.3 Å². The Hall–Kier alpha value is -2.14. The molecule has 0 aliphatic carbocycles. The predicted molar refractivity (Wildman–Crippen MR) is 80.0 cm³/mol. The fraction of sp³-hybridized carbons (Fsp3) is 0.200. The second-order valence-corrected chi connectivity index (χ2v) is 5.39. The number of carbonyl (C=O) groups is 1. The molecule has 0 fully saturated rings. The Labute approximate surface area is 120 Å². The van der Waals surface area contributed by atoms with E-state index < -0.39 is 0 Å². The van der Waals surface area contributed by atoms with Crippen LogP contribution in [0.5, 0.6) is 0 Å². The van der Waals surface area contributed by atoms with Gasteiger partial charge in [-0.2, -0.15) is 5.10 Å². The van der Waals surface area contributed by atoms with Gasteiger partial charge in [0.25, 0.3) is 0 Å². The fourth-order valence-corrected chi connectivity index (χ4v) is 3.06. The van der Waals surface area contributed by atoms with Crippen molar-refractivity contribution in [3.8, 4) is 11.1 Å². The second kappa shape index (κ2) is 5.09. The zero-order valence-corrected chi connectivity index (χ0v) is 12.1. The maximum Gasteiger partial charge on any atom is 0.339 e. The summed E-state index contributed by atoms with van der Waals surface area (Å²) in [5.74, 6) is -0.262. The highest BCUT2D eigenvalue weighted by molar-refractivity contribution is 7.17. The van der Waals surface area contributed by atoms with Crippen LogP contribution in [0.15, 0.2) is 36.0 Å². The Kier molecular flexibility index (Phi) is 3.28. The molecular formula is C15H14N2O2S. The van der Waals surface area contributed by atoms with Gasteiger partial charge >= 0.3 is 5.97 Å². The minimum absolute atomic E-state index is 0.262. The first-order chi connectivity index (χ1) is 9.69. The van der Waals surface area contributed by atoms with E-state index in [1.165, 1.54) is 0 Å². The average molecular weight is 286 g/mol. The van der Waals surface area contributed by atoms with Crippen molar-refractivity contribution in [1.29, 1.82) is 0 Å². The Balaban J connectivity index is 2.09. The van der Waals surface area contributed by atoms with Crippen LogP contribution in [0.4, 0.5) is 0 Å². The highest BCUT2D eigenvalue weighted by Gasteiger charge is 2.14. The summed E-state index contributed by atoms with van der Waals surface area (Å²) >= 11 is 1.56. The van der Waals surface area contributed by atoms with Crippen LogP contribution in [0.3, 0.4) is 0 Å². The molecule has 102 valence electrons. The van der Waals surface area contributed by atoms with Crippen LogP contribution in [-0.4, -0.2) is 22.4 Å². The van der Waals surface area contributed by atoms with E-state index in [2.05, 4.69) is 5.10 Å². The number of hydrogen-bond acceptors (Lipinski definition) is 4. The van der Waals surface area contributed by atoms with Crippen LogP contribution in [0.2, 0.25) is 0 Å². The third-order valence-electron chi connectivity index (χ3n) is 3.11. The van der Waals surface area contributed by atoms with Crippen LogP contribution < -0.4 is 0 Å². The Morgan fingerprint density at radius 2 is 2.25 bits per heavy atom. The van der Waals surface area contributed by atoms with Gasteiger partial charge in [-0.3, -0.25) is 4.68 Å². The quantitative estimate of drug-likeness (QED) is 0.692. The standard InChI is InChI=1S/C15H14N2O2S/c1-3-19-15(18)13-9-20-14-5-4-10(6-12(13)14)11-7-16-17(2)8-11/h4-9H,3H2,1-2H3. The summed E-state index contributed by atoms with van der Waals surface area (Å²) in [5.41, 5.74) is 2.72. The van der Waals surface area contributed by atoms with Gasteiger partial charge in [0.2, 0.25) is 0 Å². The number of rotatable bonds is 3. The zero-order valence-electron chi connectivity index (χ0n) is 11.3. The average Bonchev–Trinajstić information content (AvgIpc) is 3.04. The third kappa shape index (κ3) is 2.20. The lowest BCUT2D eigenvalue weighted by atomic mass is 10.1. The summed E-state index contributed by atoms with van der Waals surface area (Å²) in [6.07, 6.45) is 3.77. The number of ether oxygens (including phenoxy) is 1. The molecule has 0 aliphatic rings. The molecule has 0 saturated carbocycles. The Morgan fingerprint density at radius 1 is 1.40 bits per heavy atom. The van der Waals surface area contributed by atoms with E-state index in [0.717, 1.165) is 21.2 Å². The van der Waals surface area contributed by atoms with E-state index in [1.54, 1.807) is 16.0 Å². The zero-order chi connectivity index (χ0) is 14.1. The first kappa shape index (κ1) is 12.9. The van der Waals surface area contributed by atoms with Gasteiger partial charge in [0.1, 0.15) is 0 Å². The minimum atomic E-state index is -0.262. The van der Waals surface area contributed by atoms with Gasteiger partial charge in [0.05, 0.1) is 18.4 Å². The molecule has 1 aromatic carbocycles. The lowest BCUT2D eigenvalue weighted by Gasteiger charge is -2.02. The van der Waals surface area contributed by atoms with Crippen molar-refractivity contribution in [2.24, 2.45) is 7.05 Å². The number of benzene rings is 1. The molecule has 0 saturated heterocycles. The van der Waals surface area contributed by atoms with Crippen molar-refractivity contribution in [3.05, 3.63) is 41.5 Å². The van der Waals surface area contributed by atoms with E-state index in [-0.39, 0.29) is 5.97 Å². The Bertz CT molecular complexity index is 773.